The van der Waals surface area contributed by atoms with Crippen LogP contribution >= 0.6 is 34.8 Å². The Morgan fingerprint density at radius 3 is 2.50 bits per heavy atom. The van der Waals surface area contributed by atoms with E-state index >= 15 is 0 Å². The van der Waals surface area contributed by atoms with Gasteiger partial charge in [0.15, 0.2) is 0 Å². The first-order valence-electron chi connectivity index (χ1n) is 8.22. The summed E-state index contributed by atoms with van der Waals surface area (Å²) in [5, 5.41) is 7.33. The number of benzene rings is 3. The highest BCUT2D eigenvalue weighted by molar-refractivity contribution is 6.42. The van der Waals surface area contributed by atoms with E-state index in [1.54, 1.807) is 0 Å². The van der Waals surface area contributed by atoms with Crippen LogP contribution < -0.4 is 11.1 Å². The molecule has 6 heteroatoms. The maximum Gasteiger partial charge on any atom is 0.0598 e. The van der Waals surface area contributed by atoms with Crippen LogP contribution in [0.4, 0.5) is 5.69 Å². The molecule has 0 aliphatic carbocycles. The van der Waals surface area contributed by atoms with Crippen molar-refractivity contribution in [3.05, 3.63) is 63.6 Å². The molecular formula is C20H16Cl3N3. The highest BCUT2D eigenvalue weighted by Gasteiger charge is 2.15. The Morgan fingerprint density at radius 1 is 0.885 bits per heavy atom. The third kappa shape index (κ3) is 3.01. The van der Waals surface area contributed by atoms with Crippen LogP contribution in [0.5, 0.6) is 0 Å². The molecule has 0 fully saturated rings. The fourth-order valence-electron chi connectivity index (χ4n) is 3.25. The summed E-state index contributed by atoms with van der Waals surface area (Å²) < 4.78 is 0. The minimum atomic E-state index is 0.519. The first-order chi connectivity index (χ1) is 12.6. The average Bonchev–Trinajstić information content (AvgIpc) is 2.99. The number of nitrogens with two attached hydrogens (primary N) is 1. The van der Waals surface area contributed by atoms with Crippen LogP contribution in [0.1, 0.15) is 0 Å². The monoisotopic (exact) mass is 403 g/mol. The summed E-state index contributed by atoms with van der Waals surface area (Å²) in [5.74, 6) is 0. The third-order valence-electron chi connectivity index (χ3n) is 4.40. The number of nitrogens with one attached hydrogen (secondary N) is 2. The number of hydrogen-bond acceptors (Lipinski definition) is 2. The fraction of sp³-hybridized carbons (Fsp3) is 0.100. The van der Waals surface area contributed by atoms with E-state index in [9.17, 15) is 0 Å². The summed E-state index contributed by atoms with van der Waals surface area (Å²) in [4.78, 5) is 3.52. The van der Waals surface area contributed by atoms with E-state index in [2.05, 4.69) is 22.4 Å². The molecule has 0 radical (unpaired) electrons. The Balaban J connectivity index is 2.04. The van der Waals surface area contributed by atoms with Crippen LogP contribution in [0, 0.1) is 0 Å². The molecular weight excluding hydrogens is 389 g/mol. The van der Waals surface area contributed by atoms with Crippen LogP contribution in [0.15, 0.2) is 48.5 Å². The molecule has 132 valence electrons. The number of aromatic amines is 1. The Labute approximate surface area is 166 Å². The lowest BCUT2D eigenvalue weighted by molar-refractivity contribution is 1.03. The van der Waals surface area contributed by atoms with Gasteiger partial charge in [0.1, 0.15) is 0 Å². The van der Waals surface area contributed by atoms with Gasteiger partial charge in [-0.1, -0.05) is 46.9 Å². The molecule has 4 rings (SSSR count). The van der Waals surface area contributed by atoms with Crippen LogP contribution in [0.3, 0.4) is 0 Å². The summed E-state index contributed by atoms with van der Waals surface area (Å²) >= 11 is 18.6. The maximum absolute atomic E-state index is 6.27. The molecule has 0 saturated heterocycles. The second-order valence-corrected chi connectivity index (χ2v) is 7.32. The van der Waals surface area contributed by atoms with Gasteiger partial charge < -0.3 is 16.0 Å². The summed E-state index contributed by atoms with van der Waals surface area (Å²) in [6.45, 7) is 1.22. The van der Waals surface area contributed by atoms with E-state index in [1.807, 2.05) is 36.4 Å². The van der Waals surface area contributed by atoms with E-state index in [1.165, 1.54) is 0 Å². The molecule has 0 atom stereocenters. The van der Waals surface area contributed by atoms with Gasteiger partial charge >= 0.3 is 0 Å². The molecule has 0 saturated carbocycles. The number of rotatable bonds is 4. The topological polar surface area (TPSA) is 53.8 Å². The average molecular weight is 405 g/mol. The molecule has 0 bridgehead atoms. The number of aromatic nitrogens is 1. The van der Waals surface area contributed by atoms with Crippen molar-refractivity contribution in [3.8, 4) is 11.1 Å². The minimum absolute atomic E-state index is 0.519. The molecule has 1 aromatic heterocycles. The van der Waals surface area contributed by atoms with Gasteiger partial charge in [-0.3, -0.25) is 0 Å². The molecule has 26 heavy (non-hydrogen) atoms. The predicted octanol–water partition coefficient (Wildman–Crippen LogP) is 6.32. The minimum Gasteiger partial charge on any atom is -0.383 e. The molecule has 3 nitrogen and oxygen atoms in total. The first kappa shape index (κ1) is 17.5. The second-order valence-electron chi connectivity index (χ2n) is 6.07. The molecule has 4 N–H and O–H groups in total. The van der Waals surface area contributed by atoms with Gasteiger partial charge in [0.2, 0.25) is 0 Å². The zero-order chi connectivity index (χ0) is 18.3. The van der Waals surface area contributed by atoms with Crippen molar-refractivity contribution < 1.29 is 0 Å². The van der Waals surface area contributed by atoms with E-state index in [0.29, 0.717) is 28.2 Å². The molecule has 3 aromatic carbocycles. The van der Waals surface area contributed by atoms with Crippen molar-refractivity contribution in [2.45, 2.75) is 0 Å². The summed E-state index contributed by atoms with van der Waals surface area (Å²) in [5.41, 5.74) is 10.7. The van der Waals surface area contributed by atoms with Crippen LogP contribution in [0.2, 0.25) is 15.1 Å². The molecule has 0 amide bonds. The zero-order valence-corrected chi connectivity index (χ0v) is 16.0. The summed E-state index contributed by atoms with van der Waals surface area (Å²) in [6, 6.07) is 15.6. The largest absolute Gasteiger partial charge is 0.383 e. The zero-order valence-electron chi connectivity index (χ0n) is 13.7. The van der Waals surface area contributed by atoms with E-state index in [0.717, 1.165) is 38.6 Å². The van der Waals surface area contributed by atoms with E-state index in [-0.39, 0.29) is 0 Å². The number of fused-ring (bicyclic) bond motifs is 3. The Hall–Kier alpha value is -1.91. The first-order valence-corrected chi connectivity index (χ1v) is 9.35. The number of hydrogen-bond donors (Lipinski definition) is 3. The predicted molar refractivity (Wildman–Crippen MR) is 114 cm³/mol. The van der Waals surface area contributed by atoms with Gasteiger partial charge in [0.05, 0.1) is 15.6 Å². The normalized spacial score (nSPS) is 11.4. The summed E-state index contributed by atoms with van der Waals surface area (Å²) in [6.07, 6.45) is 0. The molecule has 0 aliphatic heterocycles. The SMILES string of the molecule is NCCNc1ccc2c([nH]c3ccc(Cl)cc32)c1-c1ccc(Cl)c(Cl)c1. The molecule has 0 aliphatic rings. The quantitative estimate of drug-likeness (QED) is 0.373. The van der Waals surface area contributed by atoms with Crippen LogP contribution in [-0.2, 0) is 0 Å². The van der Waals surface area contributed by atoms with Gasteiger partial charge in [-0.2, -0.15) is 0 Å². The highest BCUT2D eigenvalue weighted by atomic mass is 35.5. The smallest absolute Gasteiger partial charge is 0.0598 e. The van der Waals surface area contributed by atoms with E-state index in [4.69, 9.17) is 40.5 Å². The maximum atomic E-state index is 6.27. The van der Waals surface area contributed by atoms with Crippen molar-refractivity contribution in [2.75, 3.05) is 18.4 Å². The Kier molecular flexibility index (Phi) is 4.72. The van der Waals surface area contributed by atoms with E-state index < -0.39 is 0 Å². The lowest BCUT2D eigenvalue weighted by Crippen LogP contribution is -2.13. The number of anilines is 1. The van der Waals surface area contributed by atoms with Crippen LogP contribution in [-0.4, -0.2) is 18.1 Å². The van der Waals surface area contributed by atoms with Crippen LogP contribution in [0.25, 0.3) is 32.9 Å². The highest BCUT2D eigenvalue weighted by Crippen LogP contribution is 2.40. The Bertz CT molecular complexity index is 1120. The standard InChI is InChI=1S/C20H16Cl3N3/c21-12-2-5-17-14(10-12)13-3-6-18(25-8-7-24)19(20(13)26-17)11-1-4-15(22)16(23)9-11/h1-6,9-10,25-26H,7-8,24H2. The molecule has 0 spiro atoms. The summed E-state index contributed by atoms with van der Waals surface area (Å²) in [7, 11) is 0. The van der Waals surface area contributed by atoms with Gasteiger partial charge in [0, 0.05) is 45.7 Å². The molecule has 4 aromatic rings. The lowest BCUT2D eigenvalue weighted by Gasteiger charge is -2.14. The Morgan fingerprint density at radius 2 is 1.73 bits per heavy atom. The van der Waals surface area contributed by atoms with Gasteiger partial charge in [-0.25, -0.2) is 0 Å². The van der Waals surface area contributed by atoms with Gasteiger partial charge in [0.25, 0.3) is 0 Å². The third-order valence-corrected chi connectivity index (χ3v) is 5.38. The fourth-order valence-corrected chi connectivity index (χ4v) is 3.72. The van der Waals surface area contributed by atoms with Crippen molar-refractivity contribution in [3.63, 3.8) is 0 Å². The van der Waals surface area contributed by atoms with Gasteiger partial charge in [-0.15, -0.1) is 0 Å². The number of halogens is 3. The second kappa shape index (κ2) is 7.01. The van der Waals surface area contributed by atoms with Crippen molar-refractivity contribution >= 4 is 62.3 Å². The number of H-pyrrole nitrogens is 1. The van der Waals surface area contributed by atoms with Gasteiger partial charge in [-0.05, 0) is 42.0 Å². The van der Waals surface area contributed by atoms with Crippen molar-refractivity contribution in [1.29, 1.82) is 0 Å². The van der Waals surface area contributed by atoms with Crippen molar-refractivity contribution in [1.82, 2.24) is 4.98 Å². The molecule has 1 heterocycles. The molecule has 0 unspecified atom stereocenters. The van der Waals surface area contributed by atoms with Crippen molar-refractivity contribution in [2.24, 2.45) is 5.73 Å². The lowest BCUT2D eigenvalue weighted by atomic mass is 9.99.